The summed E-state index contributed by atoms with van der Waals surface area (Å²) in [5, 5.41) is 8.46. The second-order valence-electron chi connectivity index (χ2n) is 11.9. The highest BCUT2D eigenvalue weighted by atomic mass is 79.9. The van der Waals surface area contributed by atoms with Crippen LogP contribution in [0.15, 0.2) is 50.6 Å². The van der Waals surface area contributed by atoms with Crippen molar-refractivity contribution in [3.63, 3.8) is 0 Å². The predicted molar refractivity (Wildman–Crippen MR) is 190 cm³/mol. The van der Waals surface area contributed by atoms with Gasteiger partial charge in [0.15, 0.2) is 0 Å². The number of amides is 2. The third-order valence-electron chi connectivity index (χ3n) is 6.38. The van der Waals surface area contributed by atoms with E-state index in [2.05, 4.69) is 52.3 Å². The van der Waals surface area contributed by atoms with Gasteiger partial charge in [-0.2, -0.15) is 0 Å². The van der Waals surface area contributed by atoms with Crippen LogP contribution in [0.3, 0.4) is 0 Å². The van der Waals surface area contributed by atoms with E-state index in [-0.39, 0.29) is 23.8 Å². The molecule has 4 N–H and O–H groups in total. The van der Waals surface area contributed by atoms with Crippen LogP contribution in [-0.4, -0.2) is 56.8 Å². The highest BCUT2D eigenvalue weighted by molar-refractivity contribution is 9.09. The molecule has 0 heterocycles. The zero-order valence-electron chi connectivity index (χ0n) is 27.7. The second-order valence-corrected chi connectivity index (χ2v) is 16.2. The molecule has 2 atom stereocenters. The molecule has 262 valence electrons. The van der Waals surface area contributed by atoms with Gasteiger partial charge < -0.3 is 10.1 Å². The molecule has 0 saturated heterocycles. The Morgan fingerprint density at radius 1 is 0.844 bits per heavy atom. The van der Waals surface area contributed by atoms with Crippen LogP contribution in [-0.2, 0) is 29.6 Å². The largest absolute Gasteiger partial charge is 0.444 e. The zero-order chi connectivity index (χ0) is 35.0. The Balaban J connectivity index is 0. The number of primary sulfonamides is 1. The highest BCUT2D eigenvalue weighted by Gasteiger charge is 2.61. The van der Waals surface area contributed by atoms with Crippen LogP contribution in [0.25, 0.3) is 0 Å². The van der Waals surface area contributed by atoms with Crippen molar-refractivity contribution in [1.82, 2.24) is 10.0 Å². The molecule has 1 aliphatic rings. The van der Waals surface area contributed by atoms with Crippen molar-refractivity contribution in [2.75, 3.05) is 16.8 Å². The van der Waals surface area contributed by atoms with Crippen LogP contribution >= 0.6 is 15.9 Å². The van der Waals surface area contributed by atoms with E-state index < -0.39 is 43.2 Å². The second kappa shape index (κ2) is 24.2. The lowest BCUT2D eigenvalue weighted by atomic mass is 10.2. The lowest BCUT2D eigenvalue weighted by Crippen LogP contribution is -2.53. The number of nitrogens with two attached hydrogens (primary N) is 1. The topological polar surface area (TPSA) is 162 Å². The fourth-order valence-electron chi connectivity index (χ4n) is 3.89. The van der Waals surface area contributed by atoms with Crippen molar-refractivity contribution in [2.24, 2.45) is 11.1 Å². The van der Waals surface area contributed by atoms with Gasteiger partial charge in [0.1, 0.15) is 11.1 Å². The lowest BCUT2D eigenvalue weighted by molar-refractivity contribution is -0.122. The minimum atomic E-state index is -3.77. The van der Waals surface area contributed by atoms with Crippen molar-refractivity contribution < 1.29 is 31.2 Å². The molecule has 1 unspecified atom stereocenters. The van der Waals surface area contributed by atoms with Gasteiger partial charge in [-0.3, -0.25) is 9.52 Å². The van der Waals surface area contributed by atoms with E-state index >= 15 is 0 Å². The SMILES string of the molecule is C=CCCCCCBr.C=CCCCCCS(=O)(=O)NC(=O)[C@@]1(NC(=O)OC(C)(C)C)CC1C=C.C=CCCCCCS(N)(=O)=O. The Bertz CT molecular complexity index is 1120. The molecule has 0 aromatic carbocycles. The Morgan fingerprint density at radius 3 is 1.69 bits per heavy atom. The number of halogens is 1. The number of alkyl halides is 1. The Kier molecular flexibility index (Phi) is 24.3. The molecular weight excluding hydrogens is 682 g/mol. The molecule has 0 spiro atoms. The van der Waals surface area contributed by atoms with E-state index in [1.807, 2.05) is 12.2 Å². The van der Waals surface area contributed by atoms with Gasteiger partial charge in [0.05, 0.1) is 11.5 Å². The van der Waals surface area contributed by atoms with E-state index in [1.165, 1.54) is 31.8 Å². The Hall–Kier alpha value is -1.96. The van der Waals surface area contributed by atoms with Crippen LogP contribution in [0.2, 0.25) is 0 Å². The average Bonchev–Trinajstić information content (AvgIpc) is 3.63. The molecule has 1 aliphatic carbocycles. The summed E-state index contributed by atoms with van der Waals surface area (Å²) in [6, 6.07) is 0. The number of alkyl carbamates (subject to hydrolysis) is 1. The van der Waals surface area contributed by atoms with Gasteiger partial charge in [0.25, 0.3) is 5.91 Å². The third kappa shape index (κ3) is 25.9. The molecule has 1 fully saturated rings. The standard InChI is InChI=1S/C18H30N2O5S.C7H13Br.C7H15NO2S/c1-6-8-9-10-11-12-26(23,24)20-15(21)18(13-14(18)7-2)19-16(22)25-17(3,4)5;1-2-3-4-5-6-7-8;1-2-3-4-5-6-7-11(8,9)10/h6-7,14H,1-2,8-13H2,3-5H3,(H,19,22)(H,20,21);2H,1,3-7H2;2H,1,3-7H2,(H2,8,9,10)/t14?,18-;;/m1../s1. The predicted octanol–water partition coefficient (Wildman–Crippen LogP) is 6.80. The summed E-state index contributed by atoms with van der Waals surface area (Å²) < 4.78 is 52.4. The number of nitrogens with one attached hydrogen (secondary N) is 2. The molecule has 10 nitrogen and oxygen atoms in total. The maximum absolute atomic E-state index is 12.5. The number of hydrogen-bond acceptors (Lipinski definition) is 7. The quantitative estimate of drug-likeness (QED) is 0.0663. The third-order valence-corrected chi connectivity index (χ3v) is 9.12. The van der Waals surface area contributed by atoms with Gasteiger partial charge in [0.2, 0.25) is 20.0 Å². The molecule has 0 aliphatic heterocycles. The first kappa shape index (κ1) is 45.2. The molecule has 1 rings (SSSR count). The first-order valence-corrected chi connectivity index (χ1v) is 20.0. The first-order valence-electron chi connectivity index (χ1n) is 15.5. The van der Waals surface area contributed by atoms with Gasteiger partial charge in [-0.25, -0.2) is 26.8 Å². The normalized spacial score (nSPS) is 17.2. The lowest BCUT2D eigenvalue weighted by Gasteiger charge is -2.23. The molecule has 0 radical (unpaired) electrons. The minimum Gasteiger partial charge on any atom is -0.444 e. The molecule has 45 heavy (non-hydrogen) atoms. The summed E-state index contributed by atoms with van der Waals surface area (Å²) in [5.74, 6) is -1.13. The van der Waals surface area contributed by atoms with Gasteiger partial charge in [-0.15, -0.1) is 26.3 Å². The number of ether oxygens (including phenoxy) is 1. The van der Waals surface area contributed by atoms with E-state index in [1.54, 1.807) is 26.8 Å². The molecule has 2 amide bonds. The van der Waals surface area contributed by atoms with E-state index in [0.717, 1.165) is 43.9 Å². The van der Waals surface area contributed by atoms with Crippen LogP contribution in [0.4, 0.5) is 4.79 Å². The summed E-state index contributed by atoms with van der Waals surface area (Å²) in [6.45, 7) is 19.6. The number of carbonyl (C=O) groups is 2. The summed E-state index contributed by atoms with van der Waals surface area (Å²) in [6.07, 6.45) is 18.1. The van der Waals surface area contributed by atoms with E-state index in [9.17, 15) is 26.4 Å². The summed E-state index contributed by atoms with van der Waals surface area (Å²) in [4.78, 5) is 24.5. The molecule has 0 aromatic heterocycles. The molecule has 13 heteroatoms. The van der Waals surface area contributed by atoms with Crippen molar-refractivity contribution in [1.29, 1.82) is 0 Å². The highest BCUT2D eigenvalue weighted by Crippen LogP contribution is 2.45. The maximum atomic E-state index is 12.5. The number of allylic oxidation sites excluding steroid dienone is 3. The number of rotatable bonds is 21. The first-order chi connectivity index (χ1) is 20.9. The van der Waals surface area contributed by atoms with Gasteiger partial charge in [0, 0.05) is 11.2 Å². The summed E-state index contributed by atoms with van der Waals surface area (Å²) in [7, 11) is -7.00. The van der Waals surface area contributed by atoms with Gasteiger partial charge in [-0.05, 0) is 85.0 Å². The smallest absolute Gasteiger partial charge is 0.408 e. The van der Waals surface area contributed by atoms with Crippen LogP contribution in [0.1, 0.15) is 104 Å². The minimum absolute atomic E-state index is 0.101. The van der Waals surface area contributed by atoms with Crippen LogP contribution < -0.4 is 15.2 Å². The molecular formula is C32H58BrN3O7S2. The number of hydrogen-bond donors (Lipinski definition) is 3. The maximum Gasteiger partial charge on any atom is 0.408 e. The van der Waals surface area contributed by atoms with Crippen molar-refractivity contribution in [2.45, 2.75) is 115 Å². The van der Waals surface area contributed by atoms with Crippen molar-refractivity contribution in [3.8, 4) is 0 Å². The van der Waals surface area contributed by atoms with E-state index in [0.29, 0.717) is 12.8 Å². The van der Waals surface area contributed by atoms with Crippen molar-refractivity contribution in [3.05, 3.63) is 50.6 Å². The van der Waals surface area contributed by atoms with Crippen LogP contribution in [0.5, 0.6) is 0 Å². The number of sulfonamides is 2. The zero-order valence-corrected chi connectivity index (χ0v) is 30.9. The Labute approximate surface area is 282 Å². The van der Waals surface area contributed by atoms with Crippen molar-refractivity contribution >= 4 is 48.0 Å². The summed E-state index contributed by atoms with van der Waals surface area (Å²) >= 11 is 3.38. The van der Waals surface area contributed by atoms with Gasteiger partial charge >= 0.3 is 6.09 Å². The molecule has 0 bridgehead atoms. The number of unbranched alkanes of at least 4 members (excludes halogenated alkanes) is 9. The number of carbonyl (C=O) groups excluding carboxylic acids is 2. The average molecular weight is 741 g/mol. The van der Waals surface area contributed by atoms with E-state index in [4.69, 9.17) is 9.88 Å². The van der Waals surface area contributed by atoms with Crippen LogP contribution in [0, 0.1) is 5.92 Å². The fraction of sp³-hybridized carbons (Fsp3) is 0.688. The summed E-state index contributed by atoms with van der Waals surface area (Å²) in [5.41, 5.74) is -2.04. The molecule has 0 aromatic rings. The Morgan fingerprint density at radius 2 is 1.31 bits per heavy atom. The fourth-order valence-corrected chi connectivity index (χ4v) is 6.04. The van der Waals surface area contributed by atoms with Gasteiger partial charge in [-0.1, -0.05) is 59.5 Å². The molecule has 1 saturated carbocycles. The monoisotopic (exact) mass is 739 g/mol.